The Bertz CT molecular complexity index is 115. The van der Waals surface area contributed by atoms with Gasteiger partial charge in [-0.25, -0.2) is 4.79 Å². The molecule has 0 saturated heterocycles. The summed E-state index contributed by atoms with van der Waals surface area (Å²) < 4.78 is 4.63. The minimum Gasteiger partial charge on any atom is -0.459 e. The lowest BCUT2D eigenvalue weighted by Crippen LogP contribution is -2.20. The summed E-state index contributed by atoms with van der Waals surface area (Å²) in [6, 6.07) is 0. The highest BCUT2D eigenvalue weighted by Crippen LogP contribution is 2.06. The molecule has 0 heterocycles. The Morgan fingerprint density at radius 1 is 1.60 bits per heavy atom. The van der Waals surface area contributed by atoms with Gasteiger partial charge in [0.15, 0.2) is 0 Å². The highest BCUT2D eigenvalue weighted by molar-refractivity contribution is 6.52. The van der Waals surface area contributed by atoms with Crippen LogP contribution in [0.25, 0.3) is 0 Å². The highest BCUT2D eigenvalue weighted by atomic mass is 35.5. The number of carbonyl (C=O) groups is 1. The first kappa shape index (κ1) is 10.3. The minimum absolute atomic E-state index is 0.242. The highest BCUT2D eigenvalue weighted by Gasteiger charge is 2.15. The number of halogens is 3. The van der Waals surface area contributed by atoms with Crippen LogP contribution in [0.15, 0.2) is 0 Å². The first-order valence-corrected chi connectivity index (χ1v) is 4.03. The molecule has 0 aromatic rings. The van der Waals surface area contributed by atoms with Gasteiger partial charge in [-0.2, -0.15) is 0 Å². The summed E-state index contributed by atoms with van der Waals surface area (Å²) in [5.74, 6) is -0.414. The molecular formula is C5H7Cl3O2. The van der Waals surface area contributed by atoms with Crippen LogP contribution in [0.3, 0.4) is 0 Å². The lowest BCUT2D eigenvalue weighted by atomic mass is 10.5. The van der Waals surface area contributed by atoms with Crippen LogP contribution in [-0.2, 0) is 9.53 Å². The van der Waals surface area contributed by atoms with Crippen LogP contribution >= 0.6 is 34.8 Å². The number of rotatable bonds is 3. The Morgan fingerprint density at radius 2 is 2.10 bits per heavy atom. The maximum Gasteiger partial charge on any atom is 0.339 e. The van der Waals surface area contributed by atoms with E-state index in [1.807, 2.05) is 0 Å². The third kappa shape index (κ3) is 4.20. The zero-order valence-corrected chi connectivity index (χ0v) is 7.58. The first-order chi connectivity index (χ1) is 4.57. The van der Waals surface area contributed by atoms with Crippen molar-refractivity contribution in [3.8, 4) is 0 Å². The Morgan fingerprint density at radius 3 is 2.40 bits per heavy atom. The number of esters is 1. The summed E-state index contributed by atoms with van der Waals surface area (Å²) in [6.45, 7) is 1.65. The fourth-order valence-electron chi connectivity index (χ4n) is 0.281. The summed E-state index contributed by atoms with van der Waals surface area (Å²) in [5.41, 5.74) is 0. The van der Waals surface area contributed by atoms with Gasteiger partial charge in [0.25, 0.3) is 0 Å². The average molecular weight is 205 g/mol. The SMILES string of the molecule is CC(CCl)OC(=O)C(Cl)Cl. The van der Waals surface area contributed by atoms with Gasteiger partial charge in [0.1, 0.15) is 6.10 Å². The van der Waals surface area contributed by atoms with Crippen LogP contribution in [0, 0.1) is 0 Å². The van der Waals surface area contributed by atoms with E-state index in [9.17, 15) is 4.79 Å². The Hall–Kier alpha value is 0.340. The van der Waals surface area contributed by atoms with Crippen molar-refractivity contribution in [2.24, 2.45) is 0 Å². The lowest BCUT2D eigenvalue weighted by Gasteiger charge is -2.09. The molecule has 0 aromatic heterocycles. The molecule has 1 atom stereocenters. The van der Waals surface area contributed by atoms with E-state index >= 15 is 0 Å². The van der Waals surface area contributed by atoms with Crippen molar-refractivity contribution in [3.63, 3.8) is 0 Å². The van der Waals surface area contributed by atoms with Gasteiger partial charge in [-0.1, -0.05) is 23.2 Å². The van der Waals surface area contributed by atoms with Crippen LogP contribution in [0.5, 0.6) is 0 Å². The molecule has 0 aliphatic rings. The van der Waals surface area contributed by atoms with E-state index in [1.165, 1.54) is 0 Å². The van der Waals surface area contributed by atoms with Crippen LogP contribution in [0.2, 0.25) is 0 Å². The quantitative estimate of drug-likeness (QED) is 0.520. The standard InChI is InChI=1S/C5H7Cl3O2/c1-3(2-6)10-5(9)4(7)8/h3-4H,2H2,1H3. The molecule has 0 amide bonds. The second-order valence-electron chi connectivity index (χ2n) is 1.70. The summed E-state index contributed by atoms with van der Waals surface area (Å²) in [7, 11) is 0. The van der Waals surface area contributed by atoms with Gasteiger partial charge in [0, 0.05) is 0 Å². The van der Waals surface area contributed by atoms with Crippen LogP contribution < -0.4 is 0 Å². The smallest absolute Gasteiger partial charge is 0.339 e. The second-order valence-corrected chi connectivity index (χ2v) is 3.11. The second kappa shape index (κ2) is 5.05. The van der Waals surface area contributed by atoms with Crippen LogP contribution in [0.4, 0.5) is 0 Å². The van der Waals surface area contributed by atoms with E-state index in [1.54, 1.807) is 6.92 Å². The molecule has 0 fully saturated rings. The number of hydrogen-bond acceptors (Lipinski definition) is 2. The fraction of sp³-hybridized carbons (Fsp3) is 0.800. The predicted molar refractivity (Wildman–Crippen MR) is 41.8 cm³/mol. The van der Waals surface area contributed by atoms with Crippen molar-refractivity contribution >= 4 is 40.8 Å². The van der Waals surface area contributed by atoms with Crippen molar-refractivity contribution in [2.75, 3.05) is 5.88 Å². The monoisotopic (exact) mass is 204 g/mol. The van der Waals surface area contributed by atoms with Gasteiger partial charge >= 0.3 is 5.97 Å². The van der Waals surface area contributed by atoms with E-state index in [2.05, 4.69) is 4.74 Å². The molecule has 2 nitrogen and oxygen atoms in total. The van der Waals surface area contributed by atoms with Crippen LogP contribution in [0.1, 0.15) is 6.92 Å². The number of ether oxygens (including phenoxy) is 1. The molecule has 10 heavy (non-hydrogen) atoms. The van der Waals surface area contributed by atoms with Crippen molar-refractivity contribution < 1.29 is 9.53 Å². The van der Waals surface area contributed by atoms with E-state index in [0.717, 1.165) is 0 Å². The van der Waals surface area contributed by atoms with E-state index in [4.69, 9.17) is 34.8 Å². The van der Waals surface area contributed by atoms with Gasteiger partial charge in [0.2, 0.25) is 4.84 Å². The molecule has 0 aromatic carbocycles. The summed E-state index contributed by atoms with van der Waals surface area (Å²) in [6.07, 6.45) is -0.339. The fourth-order valence-corrected chi connectivity index (χ4v) is 0.447. The number of alkyl halides is 3. The van der Waals surface area contributed by atoms with E-state index < -0.39 is 10.8 Å². The Balaban J connectivity index is 3.57. The van der Waals surface area contributed by atoms with Crippen molar-refractivity contribution in [1.29, 1.82) is 0 Å². The largest absolute Gasteiger partial charge is 0.459 e. The molecule has 0 rings (SSSR count). The third-order valence-corrected chi connectivity index (χ3v) is 1.50. The molecule has 0 aliphatic heterocycles. The third-order valence-electron chi connectivity index (χ3n) is 0.713. The molecular weight excluding hydrogens is 198 g/mol. The molecule has 0 saturated carbocycles. The van der Waals surface area contributed by atoms with Gasteiger partial charge < -0.3 is 4.74 Å². The molecule has 1 unspecified atom stereocenters. The zero-order chi connectivity index (χ0) is 8.15. The predicted octanol–water partition coefficient (Wildman–Crippen LogP) is 1.96. The topological polar surface area (TPSA) is 26.3 Å². The summed E-state index contributed by atoms with van der Waals surface area (Å²) in [4.78, 5) is 9.45. The van der Waals surface area contributed by atoms with Gasteiger partial charge in [-0.3, -0.25) is 0 Å². The number of carbonyl (C=O) groups excluding carboxylic acids is 1. The average Bonchev–Trinajstić information content (AvgIpc) is 1.87. The molecule has 0 bridgehead atoms. The van der Waals surface area contributed by atoms with E-state index in [-0.39, 0.29) is 12.0 Å². The molecule has 0 N–H and O–H groups in total. The van der Waals surface area contributed by atoms with E-state index in [0.29, 0.717) is 0 Å². The lowest BCUT2D eigenvalue weighted by molar-refractivity contribution is -0.145. The first-order valence-electron chi connectivity index (χ1n) is 2.62. The van der Waals surface area contributed by atoms with Gasteiger partial charge in [-0.05, 0) is 6.92 Å². The molecule has 0 spiro atoms. The minimum atomic E-state index is -1.12. The maximum absolute atomic E-state index is 10.6. The Labute approximate surface area is 74.4 Å². The van der Waals surface area contributed by atoms with Gasteiger partial charge in [0.05, 0.1) is 5.88 Å². The molecule has 60 valence electrons. The van der Waals surface area contributed by atoms with Crippen molar-refractivity contribution in [2.45, 2.75) is 17.9 Å². The summed E-state index contributed by atoms with van der Waals surface area (Å²) in [5, 5.41) is 0. The normalized spacial score (nSPS) is 13.3. The zero-order valence-electron chi connectivity index (χ0n) is 5.31. The number of hydrogen-bond donors (Lipinski definition) is 0. The van der Waals surface area contributed by atoms with Gasteiger partial charge in [-0.15, -0.1) is 11.6 Å². The van der Waals surface area contributed by atoms with Crippen LogP contribution in [-0.4, -0.2) is 22.8 Å². The Kier molecular flexibility index (Phi) is 5.22. The molecule has 0 radical (unpaired) electrons. The summed E-state index contributed by atoms with van der Waals surface area (Å²) >= 11 is 15.7. The van der Waals surface area contributed by atoms with Crippen molar-refractivity contribution in [1.82, 2.24) is 0 Å². The maximum atomic E-state index is 10.6. The van der Waals surface area contributed by atoms with Crippen molar-refractivity contribution in [3.05, 3.63) is 0 Å². The molecule has 0 aliphatic carbocycles. The molecule has 5 heteroatoms.